The first-order valence-electron chi connectivity index (χ1n) is 16.6. The van der Waals surface area contributed by atoms with Gasteiger partial charge in [-0.1, -0.05) is 66.2 Å². The minimum Gasteiger partial charge on any atom is -0.493 e. The number of fused-ring (bicyclic) bond motifs is 3. The van der Waals surface area contributed by atoms with Gasteiger partial charge in [-0.3, -0.25) is 0 Å². The molecule has 1 fully saturated rings. The predicted octanol–water partition coefficient (Wildman–Crippen LogP) is 6.74. The first-order valence-corrected chi connectivity index (χ1v) is 17.7. The molecule has 0 N–H and O–H groups in total. The molecular weight excluding hydrogens is 807 g/mol. The van der Waals surface area contributed by atoms with Crippen molar-refractivity contribution in [2.75, 3.05) is 34.2 Å². The Morgan fingerprint density at radius 3 is 2.07 bits per heavy atom. The van der Waals surface area contributed by atoms with E-state index in [9.17, 15) is 19.2 Å². The Kier molecular flexibility index (Phi) is 12.1. The Hall–Kier alpha value is -5.29. The van der Waals surface area contributed by atoms with Crippen molar-refractivity contribution in [3.63, 3.8) is 0 Å². The van der Waals surface area contributed by atoms with Crippen molar-refractivity contribution in [3.05, 3.63) is 66.8 Å². The highest BCUT2D eigenvalue weighted by Crippen LogP contribution is 2.50. The van der Waals surface area contributed by atoms with Crippen molar-refractivity contribution in [3.8, 4) is 39.9 Å². The monoisotopic (exact) mass is 838 g/mol. The molecule has 3 aromatic rings. The van der Waals surface area contributed by atoms with Gasteiger partial charge >= 0.3 is 24.2 Å². The highest BCUT2D eigenvalue weighted by Gasteiger charge is 2.54. The molecule has 16 nitrogen and oxygen atoms in total. The molecular formula is C37H33Cl3O16. The maximum absolute atomic E-state index is 13.6. The van der Waals surface area contributed by atoms with Crippen LogP contribution < -0.4 is 23.7 Å². The molecule has 0 bridgehead atoms. The molecule has 0 aliphatic carbocycles. The molecule has 3 aliphatic rings. The highest BCUT2D eigenvalue weighted by molar-refractivity contribution is 6.75. The van der Waals surface area contributed by atoms with Crippen molar-refractivity contribution in [1.82, 2.24) is 0 Å². The molecule has 6 rings (SSSR count). The SMILES string of the molecule is C=CCOC(=O)O[C@H]1[C@H](OC(=O)C(Cl)(Cl)Cl)[C@@H](OC(=O)OCC=C)C(Oc2c3c(c(-c4ccc5c(c4)OCO5)c4cc(OC)c(OC)cc24)C(=O)OC3)O[C@@H]1C. The summed E-state index contributed by atoms with van der Waals surface area (Å²) < 4.78 is 64.8. The molecule has 0 aromatic heterocycles. The number of esters is 2. The number of hydrogen-bond donors (Lipinski definition) is 0. The molecule has 1 unspecified atom stereocenters. The molecule has 3 aliphatic heterocycles. The lowest BCUT2D eigenvalue weighted by Crippen LogP contribution is -2.62. The van der Waals surface area contributed by atoms with E-state index in [2.05, 4.69) is 13.2 Å². The zero-order valence-corrected chi connectivity index (χ0v) is 32.1. The summed E-state index contributed by atoms with van der Waals surface area (Å²) in [5.74, 6) is -0.580. The fourth-order valence-corrected chi connectivity index (χ4v) is 6.37. The summed E-state index contributed by atoms with van der Waals surface area (Å²) in [7, 11) is 2.87. The zero-order chi connectivity index (χ0) is 40.3. The summed E-state index contributed by atoms with van der Waals surface area (Å²) in [4.78, 5) is 52.5. The van der Waals surface area contributed by atoms with E-state index in [0.717, 1.165) is 0 Å². The molecule has 0 radical (unpaired) electrons. The molecule has 1 saturated heterocycles. The van der Waals surface area contributed by atoms with E-state index in [1.54, 1.807) is 30.3 Å². The maximum atomic E-state index is 13.6. The van der Waals surface area contributed by atoms with Crippen LogP contribution in [-0.2, 0) is 44.6 Å². The van der Waals surface area contributed by atoms with E-state index < -0.39 is 58.7 Å². The third-order valence-electron chi connectivity index (χ3n) is 8.62. The van der Waals surface area contributed by atoms with E-state index >= 15 is 0 Å². The fraction of sp³-hybridized carbons (Fsp3) is 0.351. The van der Waals surface area contributed by atoms with Gasteiger partial charge < -0.3 is 56.8 Å². The van der Waals surface area contributed by atoms with Gasteiger partial charge in [-0.05, 0) is 42.1 Å². The number of ether oxygens (including phenoxy) is 12. The van der Waals surface area contributed by atoms with Crippen LogP contribution in [0.3, 0.4) is 0 Å². The lowest BCUT2D eigenvalue weighted by Gasteiger charge is -2.43. The number of carbonyl (C=O) groups excluding carboxylic acids is 4. The van der Waals surface area contributed by atoms with Gasteiger partial charge in [-0.25, -0.2) is 19.2 Å². The number of rotatable bonds is 12. The van der Waals surface area contributed by atoms with Gasteiger partial charge in [0.05, 0.1) is 19.8 Å². The van der Waals surface area contributed by atoms with Gasteiger partial charge in [-0.15, -0.1) is 0 Å². The smallest absolute Gasteiger partial charge is 0.493 e. The third-order valence-corrected chi connectivity index (χ3v) is 9.08. The van der Waals surface area contributed by atoms with Gasteiger partial charge in [0.1, 0.15) is 31.7 Å². The van der Waals surface area contributed by atoms with Crippen LogP contribution in [0.2, 0.25) is 0 Å². The normalized spacial score (nSPS) is 20.9. The molecule has 298 valence electrons. The van der Waals surface area contributed by atoms with Gasteiger partial charge in [0.2, 0.25) is 19.2 Å². The number of alkyl halides is 3. The second-order valence-corrected chi connectivity index (χ2v) is 14.3. The molecule has 0 amide bonds. The average molecular weight is 840 g/mol. The van der Waals surface area contributed by atoms with Crippen molar-refractivity contribution in [2.45, 2.75) is 48.0 Å². The highest BCUT2D eigenvalue weighted by atomic mass is 35.6. The van der Waals surface area contributed by atoms with Crippen LogP contribution in [0.4, 0.5) is 9.59 Å². The summed E-state index contributed by atoms with van der Waals surface area (Å²) in [6, 6.07) is 8.42. The molecule has 0 saturated carbocycles. The summed E-state index contributed by atoms with van der Waals surface area (Å²) in [6.07, 6.45) is -8.08. The summed E-state index contributed by atoms with van der Waals surface area (Å²) >= 11 is 17.6. The Balaban J connectivity index is 1.53. The van der Waals surface area contributed by atoms with Crippen LogP contribution in [0.15, 0.2) is 55.6 Å². The van der Waals surface area contributed by atoms with Crippen LogP contribution in [0.25, 0.3) is 21.9 Å². The van der Waals surface area contributed by atoms with Gasteiger partial charge in [0.15, 0.2) is 35.2 Å². The second-order valence-electron chi connectivity index (χ2n) is 12.0. The van der Waals surface area contributed by atoms with Crippen LogP contribution >= 0.6 is 34.8 Å². The number of carbonyl (C=O) groups is 4. The van der Waals surface area contributed by atoms with E-state index in [4.69, 9.17) is 91.6 Å². The van der Waals surface area contributed by atoms with Crippen LogP contribution in [0.1, 0.15) is 22.8 Å². The quantitative estimate of drug-likeness (QED) is 0.0809. The van der Waals surface area contributed by atoms with Gasteiger partial charge in [-0.2, -0.15) is 0 Å². The van der Waals surface area contributed by atoms with Crippen molar-refractivity contribution < 1.29 is 76.0 Å². The topological polar surface area (TPSA) is 179 Å². The van der Waals surface area contributed by atoms with Crippen LogP contribution in [0.5, 0.6) is 28.7 Å². The number of hydrogen-bond acceptors (Lipinski definition) is 16. The van der Waals surface area contributed by atoms with Crippen molar-refractivity contribution in [1.29, 1.82) is 0 Å². The van der Waals surface area contributed by atoms with E-state index in [0.29, 0.717) is 39.1 Å². The summed E-state index contributed by atoms with van der Waals surface area (Å²) in [6.45, 7) is 7.64. The average Bonchev–Trinajstić information content (AvgIpc) is 3.81. The van der Waals surface area contributed by atoms with Crippen molar-refractivity contribution in [2.24, 2.45) is 0 Å². The standard InChI is InChI=1S/C37H33Cl3O16/c1-6-10-47-35(43)55-28-17(3)52-33(31(56-36(44)48-11-7-2)30(28)54-34(42)37(38,39)40)53-29-20-14-24(46-5)23(45-4)13-19(20)26(27-21(29)15-49-32(27)41)18-8-9-22-25(12-18)51-16-50-22/h6-9,12-14,17,28,30-31,33H,1-2,10-11,15-16H2,3-5H3/t17-,28-,30+,31-,33?/m1/s1. The number of cyclic esters (lactones) is 1. The Morgan fingerprint density at radius 1 is 0.821 bits per heavy atom. The molecule has 3 heterocycles. The largest absolute Gasteiger partial charge is 0.509 e. The maximum Gasteiger partial charge on any atom is 0.509 e. The molecule has 3 aromatic carbocycles. The minimum atomic E-state index is -2.64. The Labute approximate surface area is 333 Å². The Morgan fingerprint density at radius 2 is 1.45 bits per heavy atom. The van der Waals surface area contributed by atoms with Gasteiger partial charge in [0, 0.05) is 16.5 Å². The van der Waals surface area contributed by atoms with E-state index in [1.807, 2.05) is 0 Å². The van der Waals surface area contributed by atoms with Crippen LogP contribution in [0, 0.1) is 0 Å². The molecule has 56 heavy (non-hydrogen) atoms. The number of halogens is 3. The van der Waals surface area contributed by atoms with E-state index in [1.165, 1.54) is 33.3 Å². The van der Waals surface area contributed by atoms with E-state index in [-0.39, 0.29) is 49.2 Å². The Bertz CT molecular complexity index is 2060. The second kappa shape index (κ2) is 16.8. The van der Waals surface area contributed by atoms with Crippen molar-refractivity contribution >= 4 is 69.8 Å². The number of benzene rings is 3. The van der Waals surface area contributed by atoms with Gasteiger partial charge in [0.25, 0.3) is 3.79 Å². The van der Waals surface area contributed by atoms with Crippen LogP contribution in [-0.4, -0.2) is 93.0 Å². The lowest BCUT2D eigenvalue weighted by atomic mass is 9.89. The summed E-state index contributed by atoms with van der Waals surface area (Å²) in [5.41, 5.74) is 1.37. The fourth-order valence-electron chi connectivity index (χ4n) is 6.24. The lowest BCUT2D eigenvalue weighted by molar-refractivity contribution is -0.275. The predicted molar refractivity (Wildman–Crippen MR) is 196 cm³/mol. The zero-order valence-electron chi connectivity index (χ0n) is 29.8. The minimum absolute atomic E-state index is 0.00719. The first kappa shape index (κ1) is 40.4. The summed E-state index contributed by atoms with van der Waals surface area (Å²) in [5, 5.41) is 0.768. The number of methoxy groups -OCH3 is 2. The first-order chi connectivity index (χ1) is 26.8. The molecule has 5 atom stereocenters. The molecule has 0 spiro atoms. The third kappa shape index (κ3) is 8.14. The molecule has 19 heteroatoms.